The van der Waals surface area contributed by atoms with Crippen LogP contribution in [0.5, 0.6) is 0 Å². The van der Waals surface area contributed by atoms with Crippen LogP contribution in [0.3, 0.4) is 0 Å². The summed E-state index contributed by atoms with van der Waals surface area (Å²) < 4.78 is 18.4. The smallest absolute Gasteiger partial charge is 0.341 e. The zero-order valence-electron chi connectivity index (χ0n) is 10.4. The summed E-state index contributed by atoms with van der Waals surface area (Å²) in [7, 11) is 0. The fourth-order valence-corrected chi connectivity index (χ4v) is 2.00. The normalized spacial score (nSPS) is 15.6. The molecule has 1 N–H and O–H groups in total. The summed E-state index contributed by atoms with van der Waals surface area (Å²) in [5.41, 5.74) is 0.869. The Kier molecular flexibility index (Phi) is 4.15. The fourth-order valence-electron chi connectivity index (χ4n) is 2.00. The molecule has 1 fully saturated rings. The van der Waals surface area contributed by atoms with Gasteiger partial charge in [-0.05, 0) is 25.1 Å². The second-order valence-electron chi connectivity index (χ2n) is 4.12. The molecule has 0 saturated carbocycles. The standard InChI is InChI=1S/C13H17FN2O2/c1-2-18-13(17)11-9-10(3-4-12(11)14)16-7-5-15-6-8-16/h3-4,9,15H,2,5-8H2,1H3. The van der Waals surface area contributed by atoms with Crippen LogP contribution >= 0.6 is 0 Å². The molecule has 0 aromatic heterocycles. The van der Waals surface area contributed by atoms with Crippen molar-refractivity contribution in [1.29, 1.82) is 0 Å². The maximum atomic E-state index is 13.6. The van der Waals surface area contributed by atoms with E-state index in [2.05, 4.69) is 10.2 Å². The van der Waals surface area contributed by atoms with Crippen LogP contribution in [0.25, 0.3) is 0 Å². The molecule has 1 saturated heterocycles. The Bertz CT molecular complexity index is 431. The van der Waals surface area contributed by atoms with Crippen LogP contribution in [0, 0.1) is 5.82 Å². The Morgan fingerprint density at radius 3 is 2.83 bits per heavy atom. The van der Waals surface area contributed by atoms with E-state index in [4.69, 9.17) is 4.74 Å². The SMILES string of the molecule is CCOC(=O)c1cc(N2CCNCC2)ccc1F. The van der Waals surface area contributed by atoms with Gasteiger partial charge in [0.15, 0.2) is 0 Å². The number of nitrogens with zero attached hydrogens (tertiary/aromatic N) is 1. The highest BCUT2D eigenvalue weighted by molar-refractivity contribution is 5.90. The molecule has 2 rings (SSSR count). The molecule has 18 heavy (non-hydrogen) atoms. The number of esters is 1. The fraction of sp³-hybridized carbons (Fsp3) is 0.462. The molecule has 0 radical (unpaired) electrons. The van der Waals surface area contributed by atoms with Gasteiger partial charge in [0.05, 0.1) is 12.2 Å². The Morgan fingerprint density at radius 1 is 1.44 bits per heavy atom. The number of hydrogen-bond donors (Lipinski definition) is 1. The minimum atomic E-state index is -0.605. The number of rotatable bonds is 3. The van der Waals surface area contributed by atoms with E-state index in [1.165, 1.54) is 6.07 Å². The number of benzene rings is 1. The molecule has 1 aliphatic rings. The van der Waals surface area contributed by atoms with Gasteiger partial charge in [-0.2, -0.15) is 0 Å². The highest BCUT2D eigenvalue weighted by atomic mass is 19.1. The average Bonchev–Trinajstić information content (AvgIpc) is 2.40. The average molecular weight is 252 g/mol. The number of anilines is 1. The van der Waals surface area contributed by atoms with Gasteiger partial charge in [-0.25, -0.2) is 9.18 Å². The lowest BCUT2D eigenvalue weighted by Crippen LogP contribution is -2.43. The van der Waals surface area contributed by atoms with Crippen molar-refractivity contribution < 1.29 is 13.9 Å². The van der Waals surface area contributed by atoms with Crippen molar-refractivity contribution in [3.8, 4) is 0 Å². The number of piperazine rings is 1. The minimum absolute atomic E-state index is 0.00730. The van der Waals surface area contributed by atoms with E-state index in [-0.39, 0.29) is 12.2 Å². The molecular weight excluding hydrogens is 235 g/mol. The van der Waals surface area contributed by atoms with Gasteiger partial charge in [-0.3, -0.25) is 0 Å². The molecule has 0 atom stereocenters. The van der Waals surface area contributed by atoms with Gasteiger partial charge in [0, 0.05) is 31.9 Å². The topological polar surface area (TPSA) is 41.6 Å². The van der Waals surface area contributed by atoms with E-state index in [0.29, 0.717) is 0 Å². The molecule has 0 bridgehead atoms. The van der Waals surface area contributed by atoms with Crippen molar-refractivity contribution in [2.75, 3.05) is 37.7 Å². The van der Waals surface area contributed by atoms with Crippen LogP contribution in [0.4, 0.5) is 10.1 Å². The van der Waals surface area contributed by atoms with Gasteiger partial charge in [-0.15, -0.1) is 0 Å². The van der Waals surface area contributed by atoms with Crippen molar-refractivity contribution in [2.45, 2.75) is 6.92 Å². The number of ether oxygens (including phenoxy) is 1. The van der Waals surface area contributed by atoms with Gasteiger partial charge >= 0.3 is 5.97 Å². The second-order valence-corrected chi connectivity index (χ2v) is 4.12. The number of carbonyl (C=O) groups is 1. The van der Waals surface area contributed by atoms with E-state index < -0.39 is 11.8 Å². The third-order valence-corrected chi connectivity index (χ3v) is 2.93. The van der Waals surface area contributed by atoms with Crippen LogP contribution in [0.2, 0.25) is 0 Å². The largest absolute Gasteiger partial charge is 0.462 e. The maximum Gasteiger partial charge on any atom is 0.341 e. The van der Waals surface area contributed by atoms with Crippen LogP contribution in [-0.4, -0.2) is 38.8 Å². The van der Waals surface area contributed by atoms with E-state index >= 15 is 0 Å². The molecule has 1 aliphatic heterocycles. The summed E-state index contributed by atoms with van der Waals surface area (Å²) in [6.45, 7) is 5.45. The molecule has 4 nitrogen and oxygen atoms in total. The summed E-state index contributed by atoms with van der Waals surface area (Å²) >= 11 is 0. The zero-order valence-corrected chi connectivity index (χ0v) is 10.4. The van der Waals surface area contributed by atoms with Crippen molar-refractivity contribution in [3.63, 3.8) is 0 Å². The first-order valence-electron chi connectivity index (χ1n) is 6.14. The minimum Gasteiger partial charge on any atom is -0.462 e. The lowest BCUT2D eigenvalue weighted by atomic mass is 10.1. The zero-order chi connectivity index (χ0) is 13.0. The molecule has 1 heterocycles. The summed E-state index contributed by atoms with van der Waals surface area (Å²) in [5, 5.41) is 3.25. The lowest BCUT2D eigenvalue weighted by Gasteiger charge is -2.29. The van der Waals surface area contributed by atoms with Gasteiger partial charge in [0.25, 0.3) is 0 Å². The Balaban J connectivity index is 2.22. The predicted octanol–water partition coefficient (Wildman–Crippen LogP) is 1.41. The third kappa shape index (κ3) is 2.79. The number of hydrogen-bond acceptors (Lipinski definition) is 4. The van der Waals surface area contributed by atoms with Crippen LogP contribution in [0.1, 0.15) is 17.3 Å². The summed E-state index contributed by atoms with van der Waals surface area (Å²) in [6.07, 6.45) is 0. The van der Waals surface area contributed by atoms with E-state index in [1.807, 2.05) is 0 Å². The van der Waals surface area contributed by atoms with E-state index in [0.717, 1.165) is 31.9 Å². The molecular formula is C13H17FN2O2. The highest BCUT2D eigenvalue weighted by Crippen LogP contribution is 2.20. The van der Waals surface area contributed by atoms with Gasteiger partial charge in [-0.1, -0.05) is 0 Å². The van der Waals surface area contributed by atoms with Crippen molar-refractivity contribution in [2.24, 2.45) is 0 Å². The van der Waals surface area contributed by atoms with Crippen molar-refractivity contribution in [3.05, 3.63) is 29.6 Å². The number of carbonyl (C=O) groups excluding carboxylic acids is 1. The first-order chi connectivity index (χ1) is 8.72. The molecule has 0 amide bonds. The molecule has 1 aromatic carbocycles. The molecule has 0 unspecified atom stereocenters. The van der Waals surface area contributed by atoms with Gasteiger partial charge < -0.3 is 15.0 Å². The summed E-state index contributed by atoms with van der Waals surface area (Å²) in [6, 6.07) is 4.59. The predicted molar refractivity (Wildman–Crippen MR) is 67.4 cm³/mol. The summed E-state index contributed by atoms with van der Waals surface area (Å²) in [5.74, 6) is -1.14. The number of nitrogens with one attached hydrogen (secondary N) is 1. The third-order valence-electron chi connectivity index (χ3n) is 2.93. The van der Waals surface area contributed by atoms with Crippen LogP contribution in [-0.2, 0) is 4.74 Å². The Hall–Kier alpha value is -1.62. The molecule has 98 valence electrons. The van der Waals surface area contributed by atoms with E-state index in [9.17, 15) is 9.18 Å². The van der Waals surface area contributed by atoms with Crippen LogP contribution < -0.4 is 10.2 Å². The molecule has 0 spiro atoms. The molecule has 5 heteroatoms. The molecule has 1 aromatic rings. The van der Waals surface area contributed by atoms with Gasteiger partial charge in [0.1, 0.15) is 5.82 Å². The monoisotopic (exact) mass is 252 g/mol. The van der Waals surface area contributed by atoms with E-state index in [1.54, 1.807) is 19.1 Å². The van der Waals surface area contributed by atoms with Crippen molar-refractivity contribution >= 4 is 11.7 Å². The van der Waals surface area contributed by atoms with Gasteiger partial charge in [0.2, 0.25) is 0 Å². The maximum absolute atomic E-state index is 13.6. The Morgan fingerprint density at radius 2 is 2.17 bits per heavy atom. The number of halogens is 1. The Labute approximate surface area is 106 Å². The second kappa shape index (κ2) is 5.82. The highest BCUT2D eigenvalue weighted by Gasteiger charge is 2.17. The first-order valence-corrected chi connectivity index (χ1v) is 6.14. The van der Waals surface area contributed by atoms with Crippen LogP contribution in [0.15, 0.2) is 18.2 Å². The lowest BCUT2D eigenvalue weighted by molar-refractivity contribution is 0.0521. The summed E-state index contributed by atoms with van der Waals surface area (Å²) in [4.78, 5) is 13.7. The first kappa shape index (κ1) is 12.8. The molecule has 0 aliphatic carbocycles. The quantitative estimate of drug-likeness (QED) is 0.826. The van der Waals surface area contributed by atoms with Crippen molar-refractivity contribution in [1.82, 2.24) is 5.32 Å².